The summed E-state index contributed by atoms with van der Waals surface area (Å²) in [4.78, 5) is 0. The van der Waals surface area contributed by atoms with Crippen LogP contribution in [0.3, 0.4) is 0 Å². The molecule has 0 N–H and O–H groups in total. The Balaban J connectivity index is 4.64. The minimum atomic E-state index is -1.51. The molecule has 0 saturated heterocycles. The minimum absolute atomic E-state index is 0.102. The fourth-order valence-corrected chi connectivity index (χ4v) is 1.98. The molecule has 0 atom stereocenters. The first-order chi connectivity index (χ1) is 8.37. The summed E-state index contributed by atoms with van der Waals surface area (Å²) in [6.07, 6.45) is 1.81. The molecule has 0 radical (unpaired) electrons. The lowest BCUT2D eigenvalue weighted by Gasteiger charge is -2.31. The average molecular weight is 393 g/mol. The lowest BCUT2D eigenvalue weighted by molar-refractivity contribution is 0.177. The molecule has 0 rings (SSSR count). The van der Waals surface area contributed by atoms with Crippen LogP contribution in [0.25, 0.3) is 0 Å². The van der Waals surface area contributed by atoms with E-state index in [1.54, 1.807) is 0 Å². The molecule has 19 heavy (non-hydrogen) atoms. The predicted molar refractivity (Wildman–Crippen MR) is 87.2 cm³/mol. The van der Waals surface area contributed by atoms with Crippen LogP contribution in [-0.4, -0.2) is 27.9 Å². The molecule has 0 bridgehead atoms. The third-order valence-electron chi connectivity index (χ3n) is 2.33. The van der Waals surface area contributed by atoms with Crippen LogP contribution < -0.4 is 0 Å². The average Bonchev–Trinajstić information content (AvgIpc) is 2.13. The van der Waals surface area contributed by atoms with Crippen LogP contribution in [-0.2, 0) is 9.31 Å². The molecule has 0 fully saturated rings. The summed E-state index contributed by atoms with van der Waals surface area (Å²) in [5.41, 5.74) is 0. The first-order valence-corrected chi connectivity index (χ1v) is 8.01. The van der Waals surface area contributed by atoms with Crippen LogP contribution >= 0.6 is 69.6 Å². The Labute approximate surface area is 145 Å². The molecule has 2 nitrogen and oxygen atoms in total. The molecule has 0 unspecified atom stereocenters. The molecular weight excluding hydrogens is 376 g/mol. The van der Waals surface area contributed by atoms with Gasteiger partial charge in [0.25, 0.3) is 0 Å². The molecule has 114 valence electrons. The van der Waals surface area contributed by atoms with Gasteiger partial charge in [0.05, 0.1) is 13.2 Å². The number of halogens is 6. The predicted octanol–water partition coefficient (Wildman–Crippen LogP) is 5.83. The van der Waals surface area contributed by atoms with Gasteiger partial charge in [-0.25, -0.2) is 0 Å². The van der Waals surface area contributed by atoms with Gasteiger partial charge in [0.15, 0.2) is 0 Å². The fraction of sp³-hybridized carbons (Fsp3) is 1.00. The highest BCUT2D eigenvalue weighted by Crippen LogP contribution is 2.38. The normalized spacial score (nSPS) is 13.7. The van der Waals surface area contributed by atoms with Crippen LogP contribution in [0.5, 0.6) is 0 Å². The van der Waals surface area contributed by atoms with Gasteiger partial charge in [-0.3, -0.25) is 0 Å². The van der Waals surface area contributed by atoms with Gasteiger partial charge in [-0.05, 0) is 11.7 Å². The highest BCUT2D eigenvalue weighted by molar-refractivity contribution is 6.68. The quantitative estimate of drug-likeness (QED) is 0.401. The number of rotatable bonds is 7. The second-order valence-electron chi connectivity index (χ2n) is 4.92. The summed E-state index contributed by atoms with van der Waals surface area (Å²) in [6, 6.07) is 0. The van der Waals surface area contributed by atoms with Crippen molar-refractivity contribution in [1.29, 1.82) is 0 Å². The highest BCUT2D eigenvalue weighted by atomic mass is 35.6. The SMILES string of the molecule is CCCC(C)(C)B(OCC(Cl)(Cl)Cl)OCC(Cl)(Cl)Cl. The zero-order chi connectivity index (χ0) is 15.3. The third kappa shape index (κ3) is 11.0. The molecule has 0 aliphatic heterocycles. The largest absolute Gasteiger partial charge is 0.463 e. The molecule has 0 aromatic rings. The Hall–Kier alpha value is 1.72. The van der Waals surface area contributed by atoms with Crippen LogP contribution in [0, 0.1) is 0 Å². The summed E-state index contributed by atoms with van der Waals surface area (Å²) in [7, 11) is -0.626. The second kappa shape index (κ2) is 8.38. The van der Waals surface area contributed by atoms with Crippen molar-refractivity contribution in [3.63, 3.8) is 0 Å². The van der Waals surface area contributed by atoms with Gasteiger partial charge in [-0.1, -0.05) is 96.8 Å². The summed E-state index contributed by atoms with van der Waals surface area (Å²) < 4.78 is 8.03. The van der Waals surface area contributed by atoms with Gasteiger partial charge in [0.2, 0.25) is 7.59 Å². The standard InChI is InChI=1S/C10H17BCl6O2/c1-4-5-8(2,3)11(18-6-9(12,13)14)19-7-10(15,16)17/h4-7H2,1-3H3. The van der Waals surface area contributed by atoms with Crippen LogP contribution in [0.4, 0.5) is 0 Å². The number of hydrogen-bond acceptors (Lipinski definition) is 2. The first-order valence-electron chi connectivity index (χ1n) is 5.74. The molecule has 0 amide bonds. The minimum Gasteiger partial charge on any atom is -0.406 e. The maximum atomic E-state index is 5.67. The number of hydrogen-bond donors (Lipinski definition) is 0. The smallest absolute Gasteiger partial charge is 0.406 e. The second-order valence-corrected chi connectivity index (χ2v) is 9.96. The van der Waals surface area contributed by atoms with E-state index in [-0.39, 0.29) is 18.5 Å². The monoisotopic (exact) mass is 390 g/mol. The van der Waals surface area contributed by atoms with Gasteiger partial charge in [0, 0.05) is 0 Å². The summed E-state index contributed by atoms with van der Waals surface area (Å²) in [5, 5.41) is -0.291. The summed E-state index contributed by atoms with van der Waals surface area (Å²) in [5.74, 6) is 0. The molecule has 0 aromatic heterocycles. The van der Waals surface area contributed by atoms with E-state index in [1.165, 1.54) is 0 Å². The van der Waals surface area contributed by atoms with E-state index in [2.05, 4.69) is 6.92 Å². The summed E-state index contributed by atoms with van der Waals surface area (Å²) in [6.45, 7) is 5.82. The van der Waals surface area contributed by atoms with E-state index in [0.717, 1.165) is 12.8 Å². The maximum Gasteiger partial charge on any atom is 0.463 e. The molecule has 0 aromatic carbocycles. The third-order valence-corrected chi connectivity index (χ3v) is 2.98. The van der Waals surface area contributed by atoms with E-state index in [1.807, 2.05) is 13.8 Å². The van der Waals surface area contributed by atoms with Crippen molar-refractivity contribution in [3.8, 4) is 0 Å². The highest BCUT2D eigenvalue weighted by Gasteiger charge is 2.40. The van der Waals surface area contributed by atoms with Crippen molar-refractivity contribution in [2.75, 3.05) is 13.2 Å². The molecule has 0 saturated carbocycles. The van der Waals surface area contributed by atoms with Crippen molar-refractivity contribution in [1.82, 2.24) is 0 Å². The lowest BCUT2D eigenvalue weighted by atomic mass is 9.57. The maximum absolute atomic E-state index is 5.67. The fourth-order valence-electron chi connectivity index (χ4n) is 1.60. The lowest BCUT2D eigenvalue weighted by Crippen LogP contribution is -2.39. The molecule has 9 heteroatoms. The van der Waals surface area contributed by atoms with Gasteiger partial charge < -0.3 is 9.31 Å². The number of alkyl halides is 6. The summed E-state index contributed by atoms with van der Waals surface area (Å²) >= 11 is 34.0. The van der Waals surface area contributed by atoms with E-state index in [9.17, 15) is 0 Å². The van der Waals surface area contributed by atoms with Gasteiger partial charge >= 0.3 is 7.12 Å². The Morgan fingerprint density at radius 2 is 1.21 bits per heavy atom. The van der Waals surface area contributed by atoms with Crippen molar-refractivity contribution < 1.29 is 9.31 Å². The Morgan fingerprint density at radius 3 is 1.47 bits per heavy atom. The van der Waals surface area contributed by atoms with Gasteiger partial charge in [0.1, 0.15) is 0 Å². The van der Waals surface area contributed by atoms with Crippen molar-refractivity contribution in [2.24, 2.45) is 0 Å². The molecule has 0 aliphatic rings. The van der Waals surface area contributed by atoms with E-state index >= 15 is 0 Å². The first kappa shape index (κ1) is 20.7. The van der Waals surface area contributed by atoms with Crippen molar-refractivity contribution in [3.05, 3.63) is 0 Å². The molecule has 0 spiro atoms. The Morgan fingerprint density at radius 1 is 0.842 bits per heavy atom. The molecule has 0 heterocycles. The molecule has 0 aliphatic carbocycles. The van der Waals surface area contributed by atoms with Gasteiger partial charge in [-0.2, -0.15) is 0 Å². The van der Waals surface area contributed by atoms with Crippen LogP contribution in [0.15, 0.2) is 0 Å². The zero-order valence-electron chi connectivity index (χ0n) is 11.0. The zero-order valence-corrected chi connectivity index (χ0v) is 15.5. The van der Waals surface area contributed by atoms with Crippen molar-refractivity contribution >= 4 is 76.7 Å². The van der Waals surface area contributed by atoms with Crippen LogP contribution in [0.2, 0.25) is 5.31 Å². The Kier molecular flexibility index (Phi) is 9.14. The van der Waals surface area contributed by atoms with Crippen molar-refractivity contribution in [2.45, 2.75) is 46.5 Å². The van der Waals surface area contributed by atoms with E-state index in [0.29, 0.717) is 0 Å². The van der Waals surface area contributed by atoms with E-state index in [4.69, 9.17) is 78.9 Å². The Bertz CT molecular complexity index is 246. The molecular formula is C10H17BCl6O2. The van der Waals surface area contributed by atoms with Crippen LogP contribution in [0.1, 0.15) is 33.6 Å². The van der Waals surface area contributed by atoms with E-state index < -0.39 is 14.7 Å². The van der Waals surface area contributed by atoms with Gasteiger partial charge in [-0.15, -0.1) is 0 Å². The topological polar surface area (TPSA) is 18.5 Å².